The SMILES string of the molecule is O=C(Cc1cccc(C(=O)OCCO)c1)OCCO. The lowest BCUT2D eigenvalue weighted by atomic mass is 10.1. The van der Waals surface area contributed by atoms with E-state index in [1.165, 1.54) is 6.07 Å². The normalized spacial score (nSPS) is 10.0. The maximum Gasteiger partial charge on any atom is 0.338 e. The van der Waals surface area contributed by atoms with Gasteiger partial charge in [-0.2, -0.15) is 0 Å². The zero-order valence-corrected chi connectivity index (χ0v) is 10.4. The average Bonchev–Trinajstić information content (AvgIpc) is 2.42. The number of carbonyl (C=O) groups excluding carboxylic acids is 2. The third-order valence-electron chi connectivity index (χ3n) is 2.19. The van der Waals surface area contributed by atoms with Gasteiger partial charge < -0.3 is 19.7 Å². The van der Waals surface area contributed by atoms with Crippen LogP contribution in [0, 0.1) is 0 Å². The topological polar surface area (TPSA) is 93.1 Å². The van der Waals surface area contributed by atoms with Crippen molar-refractivity contribution in [3.8, 4) is 0 Å². The molecular formula is C13H16O6. The average molecular weight is 268 g/mol. The van der Waals surface area contributed by atoms with Gasteiger partial charge in [0.2, 0.25) is 0 Å². The van der Waals surface area contributed by atoms with Gasteiger partial charge in [0.1, 0.15) is 13.2 Å². The Kier molecular flexibility index (Phi) is 6.56. The van der Waals surface area contributed by atoms with Gasteiger partial charge in [0.25, 0.3) is 0 Å². The maximum absolute atomic E-state index is 11.5. The fraction of sp³-hybridized carbons (Fsp3) is 0.385. The Morgan fingerprint density at radius 3 is 2.42 bits per heavy atom. The lowest BCUT2D eigenvalue weighted by Gasteiger charge is -2.06. The van der Waals surface area contributed by atoms with Crippen molar-refractivity contribution in [3.05, 3.63) is 35.4 Å². The van der Waals surface area contributed by atoms with Gasteiger partial charge in [-0.15, -0.1) is 0 Å². The first-order valence-electron chi connectivity index (χ1n) is 5.80. The van der Waals surface area contributed by atoms with Crippen LogP contribution in [0.3, 0.4) is 0 Å². The molecule has 6 nitrogen and oxygen atoms in total. The minimum Gasteiger partial charge on any atom is -0.463 e. The number of ether oxygens (including phenoxy) is 2. The molecule has 6 heteroatoms. The molecule has 0 aliphatic rings. The number of esters is 2. The predicted octanol–water partition coefficient (Wildman–Crippen LogP) is -0.0863. The van der Waals surface area contributed by atoms with Crippen molar-refractivity contribution in [3.63, 3.8) is 0 Å². The third-order valence-corrected chi connectivity index (χ3v) is 2.19. The van der Waals surface area contributed by atoms with E-state index in [0.717, 1.165) is 0 Å². The fourth-order valence-corrected chi connectivity index (χ4v) is 1.41. The van der Waals surface area contributed by atoms with Crippen molar-refractivity contribution in [2.75, 3.05) is 26.4 Å². The van der Waals surface area contributed by atoms with Crippen LogP contribution >= 0.6 is 0 Å². The van der Waals surface area contributed by atoms with E-state index >= 15 is 0 Å². The zero-order chi connectivity index (χ0) is 14.1. The van der Waals surface area contributed by atoms with Gasteiger partial charge in [0, 0.05) is 0 Å². The van der Waals surface area contributed by atoms with E-state index in [0.29, 0.717) is 11.1 Å². The standard InChI is InChI=1S/C13H16O6/c14-4-6-18-12(16)9-10-2-1-3-11(8-10)13(17)19-7-5-15/h1-3,8,14-15H,4-7,9H2. The third kappa shape index (κ3) is 5.50. The minimum absolute atomic E-state index is 0.0150. The highest BCUT2D eigenvalue weighted by Crippen LogP contribution is 2.08. The molecule has 19 heavy (non-hydrogen) atoms. The summed E-state index contributed by atoms with van der Waals surface area (Å²) in [6.07, 6.45) is 0.0150. The summed E-state index contributed by atoms with van der Waals surface area (Å²) in [5.74, 6) is -1.03. The first-order valence-corrected chi connectivity index (χ1v) is 5.80. The van der Waals surface area contributed by atoms with Gasteiger partial charge in [-0.05, 0) is 17.7 Å². The molecule has 0 atom stereocenters. The molecular weight excluding hydrogens is 252 g/mol. The lowest BCUT2D eigenvalue weighted by Crippen LogP contribution is -2.12. The van der Waals surface area contributed by atoms with Gasteiger partial charge in [0.05, 0.1) is 25.2 Å². The molecule has 104 valence electrons. The number of hydrogen-bond acceptors (Lipinski definition) is 6. The van der Waals surface area contributed by atoms with Crippen LogP contribution in [-0.2, 0) is 20.7 Å². The van der Waals surface area contributed by atoms with E-state index in [-0.39, 0.29) is 32.8 Å². The van der Waals surface area contributed by atoms with Crippen molar-refractivity contribution in [2.24, 2.45) is 0 Å². The van der Waals surface area contributed by atoms with Gasteiger partial charge in [-0.3, -0.25) is 4.79 Å². The van der Waals surface area contributed by atoms with Gasteiger partial charge in [-0.25, -0.2) is 4.79 Å². The largest absolute Gasteiger partial charge is 0.463 e. The van der Waals surface area contributed by atoms with Crippen LogP contribution in [0.25, 0.3) is 0 Å². The van der Waals surface area contributed by atoms with E-state index in [1.807, 2.05) is 0 Å². The monoisotopic (exact) mass is 268 g/mol. The van der Waals surface area contributed by atoms with Crippen LogP contribution in [0.2, 0.25) is 0 Å². The maximum atomic E-state index is 11.5. The molecule has 2 N–H and O–H groups in total. The summed E-state index contributed by atoms with van der Waals surface area (Å²) in [4.78, 5) is 22.9. The molecule has 1 aromatic rings. The molecule has 0 radical (unpaired) electrons. The fourth-order valence-electron chi connectivity index (χ4n) is 1.41. The molecule has 0 fully saturated rings. The zero-order valence-electron chi connectivity index (χ0n) is 10.4. The minimum atomic E-state index is -0.556. The Balaban J connectivity index is 2.61. The Morgan fingerprint density at radius 2 is 1.74 bits per heavy atom. The number of rotatable bonds is 7. The van der Waals surface area contributed by atoms with E-state index < -0.39 is 11.9 Å². The molecule has 0 unspecified atom stereocenters. The molecule has 0 aliphatic carbocycles. The summed E-state index contributed by atoms with van der Waals surface area (Å²) >= 11 is 0. The van der Waals surface area contributed by atoms with Crippen molar-refractivity contribution in [1.82, 2.24) is 0 Å². The first-order chi connectivity index (χ1) is 9.17. The highest BCUT2D eigenvalue weighted by atomic mass is 16.5. The molecule has 1 aromatic carbocycles. The second-order valence-electron chi connectivity index (χ2n) is 3.68. The summed E-state index contributed by atoms with van der Waals surface area (Å²) in [5.41, 5.74) is 0.919. The molecule has 0 saturated carbocycles. The second-order valence-corrected chi connectivity index (χ2v) is 3.68. The number of aliphatic hydroxyl groups is 2. The Hall–Kier alpha value is -1.92. The molecule has 0 amide bonds. The van der Waals surface area contributed by atoms with Crippen LogP contribution in [0.5, 0.6) is 0 Å². The van der Waals surface area contributed by atoms with Gasteiger partial charge in [0.15, 0.2) is 0 Å². The smallest absolute Gasteiger partial charge is 0.338 e. The lowest BCUT2D eigenvalue weighted by molar-refractivity contribution is -0.143. The predicted molar refractivity (Wildman–Crippen MR) is 65.6 cm³/mol. The number of carbonyl (C=O) groups is 2. The van der Waals surface area contributed by atoms with Crippen molar-refractivity contribution < 1.29 is 29.3 Å². The van der Waals surface area contributed by atoms with Gasteiger partial charge >= 0.3 is 11.9 Å². The van der Waals surface area contributed by atoms with Crippen molar-refractivity contribution >= 4 is 11.9 Å². The Bertz CT molecular complexity index is 429. The van der Waals surface area contributed by atoms with Crippen LogP contribution in [0.1, 0.15) is 15.9 Å². The Labute approximate surface area is 110 Å². The molecule has 0 heterocycles. The second kappa shape index (κ2) is 8.23. The quantitative estimate of drug-likeness (QED) is 0.671. The molecule has 0 aliphatic heterocycles. The molecule has 0 saturated heterocycles. The van der Waals surface area contributed by atoms with Gasteiger partial charge in [-0.1, -0.05) is 12.1 Å². The first kappa shape index (κ1) is 15.1. The van der Waals surface area contributed by atoms with Crippen LogP contribution in [-0.4, -0.2) is 48.6 Å². The molecule has 0 spiro atoms. The van der Waals surface area contributed by atoms with Crippen LogP contribution in [0.15, 0.2) is 24.3 Å². The highest BCUT2D eigenvalue weighted by Gasteiger charge is 2.10. The summed E-state index contributed by atoms with van der Waals surface area (Å²) in [5, 5.41) is 17.1. The van der Waals surface area contributed by atoms with Crippen molar-refractivity contribution in [1.29, 1.82) is 0 Å². The van der Waals surface area contributed by atoms with E-state index in [4.69, 9.17) is 19.7 Å². The molecule has 0 bridgehead atoms. The summed E-state index contributed by atoms with van der Waals surface area (Å²) in [7, 11) is 0. The number of hydrogen-bond donors (Lipinski definition) is 2. The van der Waals surface area contributed by atoms with E-state index in [1.54, 1.807) is 18.2 Å². The summed E-state index contributed by atoms with van der Waals surface area (Å²) < 4.78 is 9.49. The number of aliphatic hydroxyl groups excluding tert-OH is 2. The van der Waals surface area contributed by atoms with Crippen LogP contribution < -0.4 is 0 Å². The van der Waals surface area contributed by atoms with E-state index in [9.17, 15) is 9.59 Å². The Morgan fingerprint density at radius 1 is 1.05 bits per heavy atom. The van der Waals surface area contributed by atoms with E-state index in [2.05, 4.69) is 0 Å². The molecule has 1 rings (SSSR count). The molecule has 0 aromatic heterocycles. The summed E-state index contributed by atoms with van der Waals surface area (Å²) in [6, 6.07) is 6.40. The summed E-state index contributed by atoms with van der Waals surface area (Å²) in [6.45, 7) is -0.573. The van der Waals surface area contributed by atoms with Crippen LogP contribution in [0.4, 0.5) is 0 Å². The van der Waals surface area contributed by atoms with Crippen molar-refractivity contribution in [2.45, 2.75) is 6.42 Å². The highest BCUT2D eigenvalue weighted by molar-refractivity contribution is 5.89. The number of benzene rings is 1.